The predicted molar refractivity (Wildman–Crippen MR) is 72.5 cm³/mol. The molecular weight excluding hydrogens is 234 g/mol. The maximum Gasteiger partial charge on any atom is 0.131 e. The zero-order chi connectivity index (χ0) is 12.4. The van der Waals surface area contributed by atoms with Gasteiger partial charge in [0.25, 0.3) is 0 Å². The first-order chi connectivity index (χ1) is 8.10. The second kappa shape index (κ2) is 5.07. The minimum Gasteiger partial charge on any atom is -0.371 e. The number of nitrogens with zero attached hydrogens (tertiary/aromatic N) is 2. The number of nitrogens with two attached hydrogens (primary N) is 1. The molecule has 0 amide bonds. The molecule has 2 N–H and O–H groups in total. The standard InChI is InChI=1S/C13H18ClN3/c1-3-12(15)10-4-5-17(8-10)11-6-9(2)16-13(14)7-11/h3,6-7,10,12H,1,4-5,8,15H2,2H3. The maximum atomic E-state index is 6.00. The van der Waals surface area contributed by atoms with Crippen molar-refractivity contribution in [2.45, 2.75) is 19.4 Å². The molecule has 1 aliphatic rings. The second-order valence-electron chi connectivity index (χ2n) is 4.60. The molecule has 92 valence electrons. The van der Waals surface area contributed by atoms with Crippen LogP contribution in [0.1, 0.15) is 12.1 Å². The lowest BCUT2D eigenvalue weighted by atomic mass is 10.0. The molecule has 2 heterocycles. The fraction of sp³-hybridized carbons (Fsp3) is 0.462. The van der Waals surface area contributed by atoms with Crippen LogP contribution in [-0.2, 0) is 0 Å². The average Bonchev–Trinajstić information content (AvgIpc) is 2.76. The first kappa shape index (κ1) is 12.4. The highest BCUT2D eigenvalue weighted by Crippen LogP contribution is 2.27. The summed E-state index contributed by atoms with van der Waals surface area (Å²) in [4.78, 5) is 6.49. The molecule has 17 heavy (non-hydrogen) atoms. The summed E-state index contributed by atoms with van der Waals surface area (Å²) in [6.07, 6.45) is 2.94. The number of hydrogen-bond donors (Lipinski definition) is 1. The van der Waals surface area contributed by atoms with Gasteiger partial charge < -0.3 is 10.6 Å². The van der Waals surface area contributed by atoms with Crippen LogP contribution in [0.15, 0.2) is 24.8 Å². The molecule has 3 nitrogen and oxygen atoms in total. The van der Waals surface area contributed by atoms with Crippen molar-refractivity contribution in [2.24, 2.45) is 11.7 Å². The van der Waals surface area contributed by atoms with Gasteiger partial charge in [-0.2, -0.15) is 0 Å². The molecule has 2 atom stereocenters. The molecule has 0 radical (unpaired) electrons. The summed E-state index contributed by atoms with van der Waals surface area (Å²) in [7, 11) is 0. The van der Waals surface area contributed by atoms with Crippen molar-refractivity contribution in [1.82, 2.24) is 4.98 Å². The number of aromatic nitrogens is 1. The Morgan fingerprint density at radius 1 is 1.65 bits per heavy atom. The van der Waals surface area contributed by atoms with Crippen molar-refractivity contribution in [3.8, 4) is 0 Å². The monoisotopic (exact) mass is 251 g/mol. The first-order valence-corrected chi connectivity index (χ1v) is 6.25. The lowest BCUT2D eigenvalue weighted by Gasteiger charge is -2.20. The van der Waals surface area contributed by atoms with E-state index in [1.165, 1.54) is 0 Å². The summed E-state index contributed by atoms with van der Waals surface area (Å²) >= 11 is 5.98. The predicted octanol–water partition coefficient (Wildman–Crippen LogP) is 2.38. The van der Waals surface area contributed by atoms with E-state index in [4.69, 9.17) is 17.3 Å². The van der Waals surface area contributed by atoms with Crippen LogP contribution in [0.3, 0.4) is 0 Å². The number of rotatable bonds is 3. The van der Waals surface area contributed by atoms with Crippen molar-refractivity contribution in [3.63, 3.8) is 0 Å². The molecule has 0 bridgehead atoms. The molecule has 2 unspecified atom stereocenters. The van der Waals surface area contributed by atoms with E-state index < -0.39 is 0 Å². The number of anilines is 1. The normalized spacial score (nSPS) is 21.6. The summed E-state index contributed by atoms with van der Waals surface area (Å²) < 4.78 is 0. The molecule has 2 rings (SSSR count). The van der Waals surface area contributed by atoms with Crippen LogP contribution in [0.4, 0.5) is 5.69 Å². The van der Waals surface area contributed by atoms with Gasteiger partial charge in [0, 0.05) is 30.5 Å². The molecule has 1 fully saturated rings. The Kier molecular flexibility index (Phi) is 3.69. The highest BCUT2D eigenvalue weighted by atomic mass is 35.5. The fourth-order valence-corrected chi connectivity index (χ4v) is 2.57. The lowest BCUT2D eigenvalue weighted by molar-refractivity contribution is 0.524. The van der Waals surface area contributed by atoms with E-state index in [0.717, 1.165) is 30.9 Å². The molecule has 0 aromatic carbocycles. The Balaban J connectivity index is 2.12. The van der Waals surface area contributed by atoms with Crippen LogP contribution in [0.5, 0.6) is 0 Å². The lowest BCUT2D eigenvalue weighted by Crippen LogP contribution is -2.30. The summed E-state index contributed by atoms with van der Waals surface area (Å²) in [6.45, 7) is 7.70. The minimum atomic E-state index is 0.0819. The molecule has 0 aliphatic carbocycles. The third-order valence-electron chi connectivity index (χ3n) is 3.31. The Morgan fingerprint density at radius 2 is 2.41 bits per heavy atom. The van der Waals surface area contributed by atoms with E-state index in [1.807, 2.05) is 19.1 Å². The highest BCUT2D eigenvalue weighted by Gasteiger charge is 2.26. The maximum absolute atomic E-state index is 6.00. The van der Waals surface area contributed by atoms with E-state index in [2.05, 4.69) is 22.5 Å². The van der Waals surface area contributed by atoms with Crippen LogP contribution in [-0.4, -0.2) is 24.1 Å². The number of pyridine rings is 1. The van der Waals surface area contributed by atoms with Crippen molar-refractivity contribution < 1.29 is 0 Å². The summed E-state index contributed by atoms with van der Waals surface area (Å²) in [5.41, 5.74) is 8.08. The molecular formula is C13H18ClN3. The molecule has 4 heteroatoms. The Labute approximate surface area is 107 Å². The molecule has 1 aromatic heterocycles. The van der Waals surface area contributed by atoms with E-state index in [-0.39, 0.29) is 6.04 Å². The van der Waals surface area contributed by atoms with Gasteiger partial charge in [-0.15, -0.1) is 6.58 Å². The number of hydrogen-bond acceptors (Lipinski definition) is 3. The number of halogens is 1. The minimum absolute atomic E-state index is 0.0819. The van der Waals surface area contributed by atoms with Crippen molar-refractivity contribution in [2.75, 3.05) is 18.0 Å². The topological polar surface area (TPSA) is 42.1 Å². The van der Waals surface area contributed by atoms with Gasteiger partial charge >= 0.3 is 0 Å². The highest BCUT2D eigenvalue weighted by molar-refractivity contribution is 6.29. The van der Waals surface area contributed by atoms with Gasteiger partial charge in [-0.3, -0.25) is 0 Å². The first-order valence-electron chi connectivity index (χ1n) is 5.87. The number of aryl methyl sites for hydroxylation is 1. The Bertz CT molecular complexity index is 399. The van der Waals surface area contributed by atoms with Gasteiger partial charge in [-0.05, 0) is 31.4 Å². The summed E-state index contributed by atoms with van der Waals surface area (Å²) in [5.74, 6) is 0.486. The smallest absolute Gasteiger partial charge is 0.131 e. The van der Waals surface area contributed by atoms with Crippen LogP contribution in [0.25, 0.3) is 0 Å². The fourth-order valence-electron chi connectivity index (χ4n) is 2.32. The van der Waals surface area contributed by atoms with Crippen LogP contribution >= 0.6 is 11.6 Å². The third-order valence-corrected chi connectivity index (χ3v) is 3.51. The quantitative estimate of drug-likeness (QED) is 0.663. The van der Waals surface area contributed by atoms with Crippen LogP contribution in [0.2, 0.25) is 5.15 Å². The largest absolute Gasteiger partial charge is 0.371 e. The van der Waals surface area contributed by atoms with Gasteiger partial charge in [0.05, 0.1) is 0 Å². The molecule has 1 saturated heterocycles. The third kappa shape index (κ3) is 2.79. The zero-order valence-electron chi connectivity index (χ0n) is 10.1. The van der Waals surface area contributed by atoms with E-state index in [1.54, 1.807) is 0 Å². The van der Waals surface area contributed by atoms with Gasteiger partial charge in [-0.25, -0.2) is 4.98 Å². The summed E-state index contributed by atoms with van der Waals surface area (Å²) in [6, 6.07) is 4.06. The molecule has 1 aromatic rings. The zero-order valence-corrected chi connectivity index (χ0v) is 10.8. The van der Waals surface area contributed by atoms with Crippen LogP contribution < -0.4 is 10.6 Å². The van der Waals surface area contributed by atoms with Crippen molar-refractivity contribution in [3.05, 3.63) is 35.6 Å². The second-order valence-corrected chi connectivity index (χ2v) is 4.98. The molecule has 0 saturated carbocycles. The SMILES string of the molecule is C=CC(N)C1CCN(c2cc(C)nc(Cl)c2)C1. The van der Waals surface area contributed by atoms with Gasteiger partial charge in [0.15, 0.2) is 0 Å². The van der Waals surface area contributed by atoms with E-state index in [9.17, 15) is 0 Å². The Morgan fingerprint density at radius 3 is 3.06 bits per heavy atom. The van der Waals surface area contributed by atoms with Crippen molar-refractivity contribution >= 4 is 17.3 Å². The van der Waals surface area contributed by atoms with Gasteiger partial charge in [0.1, 0.15) is 5.15 Å². The summed E-state index contributed by atoms with van der Waals surface area (Å²) in [5, 5.41) is 0.552. The average molecular weight is 252 g/mol. The molecule has 1 aliphatic heterocycles. The van der Waals surface area contributed by atoms with Crippen molar-refractivity contribution in [1.29, 1.82) is 0 Å². The van der Waals surface area contributed by atoms with Crippen LogP contribution in [0, 0.1) is 12.8 Å². The molecule has 0 spiro atoms. The van der Waals surface area contributed by atoms with Gasteiger partial charge in [0.2, 0.25) is 0 Å². The Hall–Kier alpha value is -1.06. The van der Waals surface area contributed by atoms with Gasteiger partial charge in [-0.1, -0.05) is 17.7 Å². The van der Waals surface area contributed by atoms with E-state index >= 15 is 0 Å². The van der Waals surface area contributed by atoms with E-state index in [0.29, 0.717) is 11.1 Å².